The first-order valence-corrected chi connectivity index (χ1v) is 25.4. The molecule has 2 saturated carbocycles. The van der Waals surface area contributed by atoms with Crippen molar-refractivity contribution in [1.82, 2.24) is 40.6 Å². The molecule has 18 heteroatoms. The van der Waals surface area contributed by atoms with Gasteiger partial charge in [0.25, 0.3) is 11.8 Å². The molecule has 2 aromatic carbocycles. The van der Waals surface area contributed by atoms with Crippen molar-refractivity contribution >= 4 is 52.8 Å². The van der Waals surface area contributed by atoms with Gasteiger partial charge in [-0.3, -0.25) is 34.3 Å². The fourth-order valence-electron chi connectivity index (χ4n) is 11.9. The van der Waals surface area contributed by atoms with Crippen LogP contribution in [0.2, 0.25) is 0 Å². The summed E-state index contributed by atoms with van der Waals surface area (Å²) in [6, 6.07) is 16.1. The molecule has 0 radical (unpaired) electrons. The number of nitrogens with two attached hydrogens (primary N) is 1. The summed E-state index contributed by atoms with van der Waals surface area (Å²) in [5, 5.41) is 28.8. The van der Waals surface area contributed by atoms with E-state index in [1.807, 2.05) is 48.8 Å². The maximum Gasteiger partial charge on any atom is 0.272 e. The number of anilines is 2. The smallest absolute Gasteiger partial charge is 0.272 e. The minimum absolute atomic E-state index is 0.0254. The normalized spacial score (nSPS) is 24.9. The molecule has 2 aliphatic carbocycles. The summed E-state index contributed by atoms with van der Waals surface area (Å²) >= 11 is 1.53. The Kier molecular flexibility index (Phi) is 13.5. The van der Waals surface area contributed by atoms with E-state index >= 15 is 0 Å². The molecule has 4 aliphatic heterocycles. The molecule has 3 unspecified atom stereocenters. The molecule has 362 valence electrons. The fraction of sp³-hybridized carbons (Fsp3) is 0.510. The van der Waals surface area contributed by atoms with E-state index < -0.39 is 17.6 Å². The molecular weight excluding hydrogens is 895 g/mol. The van der Waals surface area contributed by atoms with E-state index in [-0.39, 0.29) is 66.1 Å². The van der Waals surface area contributed by atoms with Crippen molar-refractivity contribution in [2.24, 2.45) is 23.0 Å². The van der Waals surface area contributed by atoms with E-state index in [1.54, 1.807) is 18.2 Å². The second-order valence-corrected chi connectivity index (χ2v) is 21.3. The number of imide groups is 1. The van der Waals surface area contributed by atoms with Crippen LogP contribution >= 0.6 is 11.8 Å². The topological polar surface area (TPSA) is 229 Å². The van der Waals surface area contributed by atoms with Crippen molar-refractivity contribution in [1.29, 1.82) is 0 Å². The zero-order chi connectivity index (χ0) is 47.7. The number of piperidine rings is 1. The maximum atomic E-state index is 13.0. The number of unbranched alkanes of at least 4 members (excludes halogenated alkanes) is 3. The van der Waals surface area contributed by atoms with Crippen molar-refractivity contribution in [3.63, 3.8) is 0 Å². The van der Waals surface area contributed by atoms with Crippen molar-refractivity contribution in [3.05, 3.63) is 95.1 Å². The van der Waals surface area contributed by atoms with Crippen molar-refractivity contribution in [2.45, 2.75) is 118 Å². The number of likely N-dealkylation sites (tertiary alicyclic amines) is 1. The van der Waals surface area contributed by atoms with Gasteiger partial charge < -0.3 is 36.2 Å². The Morgan fingerprint density at radius 2 is 1.74 bits per heavy atom. The van der Waals surface area contributed by atoms with Crippen LogP contribution in [0.25, 0.3) is 0 Å². The Hall–Kier alpha value is -5.82. The van der Waals surface area contributed by atoms with Gasteiger partial charge in [0.1, 0.15) is 11.1 Å². The molecule has 3 atom stereocenters. The van der Waals surface area contributed by atoms with Crippen LogP contribution in [0.15, 0.2) is 76.9 Å². The summed E-state index contributed by atoms with van der Waals surface area (Å²) < 4.78 is 0. The molecule has 6 heterocycles. The van der Waals surface area contributed by atoms with Crippen LogP contribution in [0, 0.1) is 17.3 Å². The minimum atomic E-state index is -0.721. The molecule has 1 spiro atoms. The standard InChI is InChI=1S/C51H61N11O6S/c52-28-51(68)35-10-11-36(51)22-33(21-35)41-25-54-46(26-53-41)69-38-7-5-6-37(23-38)56-44(63)8-3-1-2-4-18-60-29-50(30-60)17-19-61(31-50)43-15-13-40(58-59-43)47(65)55-24-32-9-12-39-34(20-32)27-62(49(39)67)42-14-16-45(64)57-48(42)66/h5-7,9,12-13,15,20,23,25-26,33,35-36,42,68H,1-4,8,10-11,14,16-19,21-22,24,27-31,52H2,(H,55,65)(H,56,63)(H,57,64,66). The van der Waals surface area contributed by atoms with Crippen LogP contribution in [-0.4, -0.2) is 116 Å². The third kappa shape index (κ3) is 10.1. The molecule has 2 bridgehead atoms. The van der Waals surface area contributed by atoms with Crippen LogP contribution in [0.1, 0.15) is 121 Å². The first-order chi connectivity index (χ1) is 33.4. The number of carbonyl (C=O) groups is 5. The predicted molar refractivity (Wildman–Crippen MR) is 258 cm³/mol. The van der Waals surface area contributed by atoms with Crippen LogP contribution in [0.5, 0.6) is 0 Å². The highest BCUT2D eigenvalue weighted by Crippen LogP contribution is 2.53. The first-order valence-electron chi connectivity index (χ1n) is 24.6. The number of fused-ring (bicyclic) bond motifs is 3. The average molecular weight is 956 g/mol. The SMILES string of the molecule is NCC1(O)C2CCC1CC(c1cnc(Sc3cccc(NC(=O)CCCCCCN4CC5(CCN(c6ccc(C(=O)NCc7ccc8c(c7)CN(C7CCC(=O)NC7=O)C8=O)nn6)C5)C4)c3)cn1)C2. The third-order valence-electron chi connectivity index (χ3n) is 15.6. The fourth-order valence-corrected chi connectivity index (χ4v) is 12.6. The number of hydrogen-bond acceptors (Lipinski definition) is 14. The number of amides is 5. The van der Waals surface area contributed by atoms with Crippen molar-refractivity contribution in [3.8, 4) is 0 Å². The average Bonchev–Trinajstić information content (AvgIpc) is 3.96. The monoisotopic (exact) mass is 955 g/mol. The number of nitrogens with zero attached hydrogens (tertiary/aromatic N) is 7. The van der Waals surface area contributed by atoms with E-state index in [2.05, 4.69) is 35.9 Å². The molecule has 10 rings (SSSR count). The minimum Gasteiger partial charge on any atom is -0.388 e. The number of nitrogens with one attached hydrogen (secondary N) is 3. The number of benzene rings is 2. The largest absolute Gasteiger partial charge is 0.388 e. The summed E-state index contributed by atoms with van der Waals surface area (Å²) in [5.74, 6) is 0.221. The van der Waals surface area contributed by atoms with E-state index in [1.165, 1.54) is 16.7 Å². The molecule has 6 aliphatic rings. The highest BCUT2D eigenvalue weighted by Gasteiger charge is 2.53. The summed E-state index contributed by atoms with van der Waals surface area (Å²) in [7, 11) is 0. The van der Waals surface area contributed by atoms with Gasteiger partial charge in [0.2, 0.25) is 17.7 Å². The van der Waals surface area contributed by atoms with Crippen LogP contribution < -0.4 is 26.6 Å². The molecule has 5 fully saturated rings. The second kappa shape index (κ2) is 19.9. The predicted octanol–water partition coefficient (Wildman–Crippen LogP) is 4.80. The van der Waals surface area contributed by atoms with Gasteiger partial charge in [-0.15, -0.1) is 10.2 Å². The first kappa shape index (κ1) is 46.9. The summed E-state index contributed by atoms with van der Waals surface area (Å²) in [5.41, 5.74) is 9.61. The molecule has 5 amide bonds. The van der Waals surface area contributed by atoms with E-state index in [0.717, 1.165) is 129 Å². The molecule has 2 aromatic heterocycles. The van der Waals surface area contributed by atoms with Gasteiger partial charge in [0.15, 0.2) is 11.5 Å². The molecule has 17 nitrogen and oxygen atoms in total. The van der Waals surface area contributed by atoms with Crippen LogP contribution in [0.3, 0.4) is 0 Å². The molecule has 6 N–H and O–H groups in total. The zero-order valence-electron chi connectivity index (χ0n) is 38.9. The Morgan fingerprint density at radius 3 is 2.49 bits per heavy atom. The maximum absolute atomic E-state index is 13.0. The van der Waals surface area contributed by atoms with Crippen LogP contribution in [0.4, 0.5) is 11.5 Å². The molecule has 4 aromatic rings. The Balaban J connectivity index is 0.591. The van der Waals surface area contributed by atoms with Gasteiger partial charge in [-0.05, 0) is 117 Å². The van der Waals surface area contributed by atoms with Gasteiger partial charge in [0.05, 0.1) is 23.7 Å². The number of aliphatic hydroxyl groups is 1. The number of carbonyl (C=O) groups excluding carboxylic acids is 5. The highest BCUT2D eigenvalue weighted by atomic mass is 32.2. The second-order valence-electron chi connectivity index (χ2n) is 20.2. The van der Waals surface area contributed by atoms with Crippen molar-refractivity contribution < 1.29 is 29.1 Å². The van der Waals surface area contributed by atoms with Gasteiger partial charge in [0, 0.05) is 86.1 Å². The molecule has 3 saturated heterocycles. The highest BCUT2D eigenvalue weighted by molar-refractivity contribution is 7.99. The van der Waals surface area contributed by atoms with Gasteiger partial charge in [-0.2, -0.15) is 0 Å². The number of rotatable bonds is 17. The Bertz CT molecular complexity index is 2580. The number of hydrogen-bond donors (Lipinski definition) is 5. The van der Waals surface area contributed by atoms with E-state index in [9.17, 15) is 29.1 Å². The zero-order valence-corrected chi connectivity index (χ0v) is 39.7. The van der Waals surface area contributed by atoms with Gasteiger partial charge >= 0.3 is 0 Å². The summed E-state index contributed by atoms with van der Waals surface area (Å²) in [6.45, 7) is 5.82. The molecule has 69 heavy (non-hydrogen) atoms. The van der Waals surface area contributed by atoms with Gasteiger partial charge in [-0.1, -0.05) is 42.8 Å². The van der Waals surface area contributed by atoms with E-state index in [4.69, 9.17) is 15.7 Å². The van der Waals surface area contributed by atoms with E-state index in [0.29, 0.717) is 30.9 Å². The lowest BCUT2D eigenvalue weighted by Gasteiger charge is -2.48. The lowest BCUT2D eigenvalue weighted by molar-refractivity contribution is -0.137. The summed E-state index contributed by atoms with van der Waals surface area (Å²) in [6.07, 6.45) is 13.7. The lowest BCUT2D eigenvalue weighted by atomic mass is 9.69. The Labute approximate surface area is 406 Å². The number of aromatic nitrogens is 4. The molecular formula is C51H61N11O6S. The summed E-state index contributed by atoms with van der Waals surface area (Å²) in [4.78, 5) is 79.6. The van der Waals surface area contributed by atoms with Crippen LogP contribution in [-0.2, 0) is 27.5 Å². The van der Waals surface area contributed by atoms with Gasteiger partial charge in [-0.25, -0.2) is 4.98 Å². The Morgan fingerprint density at radius 1 is 0.913 bits per heavy atom. The third-order valence-corrected chi connectivity index (χ3v) is 16.5. The lowest BCUT2D eigenvalue weighted by Crippen LogP contribution is -2.57. The quantitative estimate of drug-likeness (QED) is 0.0708. The van der Waals surface area contributed by atoms with Crippen molar-refractivity contribution in [2.75, 3.05) is 49.5 Å².